The van der Waals surface area contributed by atoms with Gasteiger partial charge in [0.05, 0.1) is 25.2 Å². The molecule has 6 heteroatoms. The van der Waals surface area contributed by atoms with Gasteiger partial charge in [-0.25, -0.2) is 9.88 Å². The maximum Gasteiger partial charge on any atom is 0.266 e. The highest BCUT2D eigenvalue weighted by atomic mass is 16.5. The first-order valence-corrected chi connectivity index (χ1v) is 9.63. The van der Waals surface area contributed by atoms with Gasteiger partial charge in [0.2, 0.25) is 0 Å². The van der Waals surface area contributed by atoms with Crippen molar-refractivity contribution in [2.75, 3.05) is 12.0 Å². The number of carbonyl (C=O) groups is 2. The summed E-state index contributed by atoms with van der Waals surface area (Å²) in [5.41, 5.74) is 2.22. The Morgan fingerprint density at radius 1 is 0.710 bits per heavy atom. The fourth-order valence-electron chi connectivity index (χ4n) is 3.07. The van der Waals surface area contributed by atoms with Crippen LogP contribution in [0.5, 0.6) is 5.75 Å². The Hall–Kier alpha value is -4.32. The summed E-state index contributed by atoms with van der Waals surface area (Å²) in [6.07, 6.45) is 2.97. The van der Waals surface area contributed by atoms with Gasteiger partial charge < -0.3 is 4.74 Å². The minimum Gasteiger partial charge on any atom is -0.497 e. The summed E-state index contributed by atoms with van der Waals surface area (Å²) >= 11 is 0. The van der Waals surface area contributed by atoms with Crippen molar-refractivity contribution in [3.63, 3.8) is 0 Å². The van der Waals surface area contributed by atoms with Gasteiger partial charge in [-0.2, -0.15) is 0 Å². The predicted octanol–water partition coefficient (Wildman–Crippen LogP) is 4.64. The summed E-state index contributed by atoms with van der Waals surface area (Å²) in [7, 11) is 1.60. The maximum absolute atomic E-state index is 13.2. The monoisotopic (exact) mass is 409 g/mol. The molecule has 4 rings (SSSR count). The number of imide groups is 1. The molecule has 0 fully saturated rings. The highest BCUT2D eigenvalue weighted by Gasteiger charge is 2.27. The molecule has 0 aliphatic rings. The molecule has 1 aromatic heterocycles. The number of methoxy groups -OCH3 is 1. The van der Waals surface area contributed by atoms with E-state index in [9.17, 15) is 9.59 Å². The molecule has 1 heterocycles. The summed E-state index contributed by atoms with van der Waals surface area (Å²) in [5.74, 6) is -0.0525. The van der Waals surface area contributed by atoms with Crippen LogP contribution >= 0.6 is 0 Å². The second-order valence-corrected chi connectivity index (χ2v) is 6.67. The molecule has 6 nitrogen and oxygen atoms in total. The largest absolute Gasteiger partial charge is 0.497 e. The number of amides is 2. The summed E-state index contributed by atoms with van der Waals surface area (Å²) in [5, 5.41) is 0. The highest BCUT2D eigenvalue weighted by Crippen LogP contribution is 2.23. The Labute approximate surface area is 179 Å². The minimum absolute atomic E-state index is 0.153. The van der Waals surface area contributed by atoms with E-state index >= 15 is 0 Å². The Morgan fingerprint density at radius 2 is 1.26 bits per heavy atom. The van der Waals surface area contributed by atoms with Crippen molar-refractivity contribution in [3.8, 4) is 17.0 Å². The third-order valence-electron chi connectivity index (χ3n) is 4.70. The third-order valence-corrected chi connectivity index (χ3v) is 4.70. The van der Waals surface area contributed by atoms with Crippen molar-refractivity contribution in [1.29, 1.82) is 0 Å². The Balaban J connectivity index is 1.70. The van der Waals surface area contributed by atoms with E-state index in [1.807, 2.05) is 36.4 Å². The van der Waals surface area contributed by atoms with Crippen LogP contribution in [0.1, 0.15) is 20.7 Å². The van der Waals surface area contributed by atoms with E-state index in [0.29, 0.717) is 16.8 Å². The molecule has 2 amide bonds. The average Bonchev–Trinajstić information content (AvgIpc) is 2.85. The lowest BCUT2D eigenvalue weighted by molar-refractivity contribution is 0.0896. The summed E-state index contributed by atoms with van der Waals surface area (Å²) in [6.45, 7) is 0. The number of nitrogens with zero attached hydrogens (tertiary/aromatic N) is 3. The van der Waals surface area contributed by atoms with Crippen LogP contribution in [0.3, 0.4) is 0 Å². The van der Waals surface area contributed by atoms with Gasteiger partial charge in [0.1, 0.15) is 5.75 Å². The van der Waals surface area contributed by atoms with Crippen LogP contribution in [-0.2, 0) is 0 Å². The van der Waals surface area contributed by atoms with Gasteiger partial charge in [-0.15, -0.1) is 0 Å². The summed E-state index contributed by atoms with van der Waals surface area (Å²) in [4.78, 5) is 36.3. The molecule has 0 saturated heterocycles. The first-order chi connectivity index (χ1) is 15.2. The van der Waals surface area contributed by atoms with Gasteiger partial charge in [0, 0.05) is 16.7 Å². The van der Waals surface area contributed by atoms with E-state index in [0.717, 1.165) is 16.2 Å². The van der Waals surface area contributed by atoms with Gasteiger partial charge in [-0.05, 0) is 48.5 Å². The molecule has 0 spiro atoms. The number of aromatic nitrogens is 2. The molecule has 4 aromatic rings. The standard InChI is InChI=1S/C25H19N3O3/c1-31-21-14-12-18(13-15-21)22-16-27-23(17-26-22)28(24(29)19-8-4-2-5-9-19)25(30)20-10-6-3-7-11-20/h2-17H,1H3. The van der Waals surface area contributed by atoms with Crippen molar-refractivity contribution in [1.82, 2.24) is 9.97 Å². The molecule has 3 aromatic carbocycles. The zero-order chi connectivity index (χ0) is 21.6. The number of benzene rings is 3. The molecule has 0 atom stereocenters. The molecule has 31 heavy (non-hydrogen) atoms. The third kappa shape index (κ3) is 4.33. The molecule has 152 valence electrons. The molecular weight excluding hydrogens is 390 g/mol. The van der Waals surface area contributed by atoms with Gasteiger partial charge in [0.15, 0.2) is 5.82 Å². The molecule has 0 aliphatic carbocycles. The number of ether oxygens (including phenoxy) is 1. The zero-order valence-electron chi connectivity index (χ0n) is 16.8. The van der Waals surface area contributed by atoms with E-state index in [2.05, 4.69) is 9.97 Å². The lowest BCUT2D eigenvalue weighted by Gasteiger charge is -2.20. The quantitative estimate of drug-likeness (QED) is 0.449. The summed E-state index contributed by atoms with van der Waals surface area (Å²) in [6, 6.07) is 24.6. The molecule has 0 radical (unpaired) electrons. The van der Waals surface area contributed by atoms with Gasteiger partial charge in [0.25, 0.3) is 11.8 Å². The van der Waals surface area contributed by atoms with Gasteiger partial charge in [-0.1, -0.05) is 36.4 Å². The number of rotatable bonds is 5. The van der Waals surface area contributed by atoms with Crippen molar-refractivity contribution in [3.05, 3.63) is 108 Å². The first kappa shape index (κ1) is 20.0. The molecule has 0 bridgehead atoms. The van der Waals surface area contributed by atoms with Gasteiger partial charge >= 0.3 is 0 Å². The predicted molar refractivity (Wildman–Crippen MR) is 118 cm³/mol. The van der Waals surface area contributed by atoms with Crippen LogP contribution in [0.15, 0.2) is 97.3 Å². The van der Waals surface area contributed by atoms with Crippen molar-refractivity contribution >= 4 is 17.6 Å². The molecule has 0 N–H and O–H groups in total. The van der Waals surface area contributed by atoms with E-state index in [1.54, 1.807) is 61.8 Å². The smallest absolute Gasteiger partial charge is 0.266 e. The Bertz CT molecular complexity index is 1120. The lowest BCUT2D eigenvalue weighted by Crippen LogP contribution is -2.37. The van der Waals surface area contributed by atoms with E-state index < -0.39 is 11.8 Å². The average molecular weight is 409 g/mol. The van der Waals surface area contributed by atoms with E-state index in [-0.39, 0.29) is 5.82 Å². The second-order valence-electron chi connectivity index (χ2n) is 6.67. The minimum atomic E-state index is -0.471. The summed E-state index contributed by atoms with van der Waals surface area (Å²) < 4.78 is 5.17. The zero-order valence-corrected chi connectivity index (χ0v) is 16.8. The van der Waals surface area contributed by atoms with Gasteiger partial charge in [-0.3, -0.25) is 14.6 Å². The fraction of sp³-hybridized carbons (Fsp3) is 0.0400. The fourth-order valence-corrected chi connectivity index (χ4v) is 3.07. The molecule has 0 saturated carbocycles. The molecular formula is C25H19N3O3. The van der Waals surface area contributed by atoms with E-state index in [1.165, 1.54) is 6.20 Å². The number of hydrogen-bond acceptors (Lipinski definition) is 5. The van der Waals surface area contributed by atoms with Crippen LogP contribution in [0.2, 0.25) is 0 Å². The first-order valence-electron chi connectivity index (χ1n) is 9.63. The number of hydrogen-bond donors (Lipinski definition) is 0. The highest BCUT2D eigenvalue weighted by molar-refractivity contribution is 6.25. The van der Waals surface area contributed by atoms with Crippen molar-refractivity contribution < 1.29 is 14.3 Å². The van der Waals surface area contributed by atoms with Crippen LogP contribution in [0, 0.1) is 0 Å². The normalized spacial score (nSPS) is 10.4. The van der Waals surface area contributed by atoms with Crippen LogP contribution in [0.25, 0.3) is 11.3 Å². The molecule has 0 aliphatic heterocycles. The van der Waals surface area contributed by atoms with Crippen LogP contribution < -0.4 is 9.64 Å². The van der Waals surface area contributed by atoms with E-state index in [4.69, 9.17) is 4.74 Å². The second kappa shape index (κ2) is 9.00. The Kier molecular flexibility index (Phi) is 5.80. The van der Waals surface area contributed by atoms with Crippen molar-refractivity contribution in [2.45, 2.75) is 0 Å². The maximum atomic E-state index is 13.2. The SMILES string of the molecule is COc1ccc(-c2cnc(N(C(=O)c3ccccc3)C(=O)c3ccccc3)cn2)cc1. The van der Waals surface area contributed by atoms with Crippen molar-refractivity contribution in [2.24, 2.45) is 0 Å². The van der Waals surface area contributed by atoms with Crippen LogP contribution in [0.4, 0.5) is 5.82 Å². The topological polar surface area (TPSA) is 72.4 Å². The number of carbonyl (C=O) groups excluding carboxylic acids is 2. The lowest BCUT2D eigenvalue weighted by atomic mass is 10.1. The number of anilines is 1. The molecule has 0 unspecified atom stereocenters. The van der Waals surface area contributed by atoms with Crippen LogP contribution in [-0.4, -0.2) is 28.9 Å². The Morgan fingerprint density at radius 3 is 1.71 bits per heavy atom.